The molecule has 0 spiro atoms. The normalized spacial score (nSPS) is 9.80. The lowest BCUT2D eigenvalue weighted by atomic mass is 10.7. The zero-order valence-electron chi connectivity index (χ0n) is 8.91. The Morgan fingerprint density at radius 2 is 1.27 bits per heavy atom. The molecule has 0 aliphatic rings. The Morgan fingerprint density at radius 1 is 0.867 bits per heavy atom. The van der Waals surface area contributed by atoms with Crippen molar-refractivity contribution in [2.24, 2.45) is 0 Å². The molecule has 7 heteroatoms. The van der Waals surface area contributed by atoms with Crippen LogP contribution < -0.4 is 16.0 Å². The third kappa shape index (κ3) is 3.55. The maximum Gasteiger partial charge on any atom is 0.231 e. The summed E-state index contributed by atoms with van der Waals surface area (Å²) in [6.45, 7) is 5.16. The van der Waals surface area contributed by atoms with Gasteiger partial charge in [-0.2, -0.15) is 15.0 Å². The quantitative estimate of drug-likeness (QED) is 0.497. The Bertz CT molecular complexity index is 245. The van der Waals surface area contributed by atoms with Gasteiger partial charge in [-0.3, -0.25) is 0 Å². The largest absolute Gasteiger partial charge is 0.376 e. The summed E-state index contributed by atoms with van der Waals surface area (Å²) in [5.41, 5.74) is 0. The number of hydrogen-bond acceptors (Lipinski definition) is 7. The number of nitrogens with one attached hydrogen (secondary N) is 3. The van der Waals surface area contributed by atoms with Crippen molar-refractivity contribution in [1.29, 1.82) is 0 Å². The minimum atomic E-state index is -0.207. The average Bonchev–Trinajstić information content (AvgIpc) is 2.19. The van der Waals surface area contributed by atoms with Gasteiger partial charge in [0.05, 0.1) is 0 Å². The summed E-state index contributed by atoms with van der Waals surface area (Å²) in [4.78, 5) is 12.2. The van der Waals surface area contributed by atoms with E-state index in [0.29, 0.717) is 17.8 Å². The standard InChI is InChI=1S/C8H16N6O/c1-3-9-6-12-7(10-4-2)14-8(13-6)11-5-15/h15H,3-5H2,1-2H3,(H3,9,10,11,12,13,14). The number of aliphatic hydroxyl groups excluding tert-OH is 1. The van der Waals surface area contributed by atoms with Crippen LogP contribution in [0.25, 0.3) is 0 Å². The monoisotopic (exact) mass is 212 g/mol. The van der Waals surface area contributed by atoms with Gasteiger partial charge in [-0.05, 0) is 13.8 Å². The molecule has 0 fully saturated rings. The van der Waals surface area contributed by atoms with Crippen molar-refractivity contribution in [3.63, 3.8) is 0 Å². The molecule has 1 rings (SSSR count). The second-order valence-corrected chi connectivity index (χ2v) is 2.70. The first-order chi connectivity index (χ1) is 7.30. The zero-order valence-corrected chi connectivity index (χ0v) is 8.91. The van der Waals surface area contributed by atoms with Crippen molar-refractivity contribution in [3.8, 4) is 0 Å². The molecule has 0 atom stereocenters. The van der Waals surface area contributed by atoms with Crippen molar-refractivity contribution in [3.05, 3.63) is 0 Å². The summed E-state index contributed by atoms with van der Waals surface area (Å²) in [5, 5.41) is 17.3. The number of aromatic nitrogens is 3. The van der Waals surface area contributed by atoms with Gasteiger partial charge in [0.1, 0.15) is 6.73 Å². The van der Waals surface area contributed by atoms with E-state index >= 15 is 0 Å². The van der Waals surface area contributed by atoms with Gasteiger partial charge in [0.2, 0.25) is 17.8 Å². The molecule has 0 saturated carbocycles. The SMILES string of the molecule is CCNc1nc(NCC)nc(NCO)n1. The highest BCUT2D eigenvalue weighted by Gasteiger charge is 2.03. The number of aliphatic hydroxyl groups is 1. The molecule has 0 aromatic carbocycles. The van der Waals surface area contributed by atoms with Crippen LogP contribution >= 0.6 is 0 Å². The molecule has 0 radical (unpaired) electrons. The van der Waals surface area contributed by atoms with Crippen LogP contribution in [0.1, 0.15) is 13.8 Å². The van der Waals surface area contributed by atoms with E-state index in [9.17, 15) is 0 Å². The maximum absolute atomic E-state index is 8.71. The molecule has 1 aromatic rings. The minimum absolute atomic E-state index is 0.207. The van der Waals surface area contributed by atoms with E-state index in [1.165, 1.54) is 0 Å². The first kappa shape index (κ1) is 11.4. The summed E-state index contributed by atoms with van der Waals surface area (Å²) in [7, 11) is 0. The molecule has 0 aliphatic heterocycles. The predicted molar refractivity (Wildman–Crippen MR) is 58.9 cm³/mol. The number of nitrogens with zero attached hydrogens (tertiary/aromatic N) is 3. The Morgan fingerprint density at radius 3 is 1.60 bits per heavy atom. The van der Waals surface area contributed by atoms with E-state index in [2.05, 4.69) is 30.9 Å². The fraction of sp³-hybridized carbons (Fsp3) is 0.625. The first-order valence-corrected chi connectivity index (χ1v) is 4.88. The van der Waals surface area contributed by atoms with Gasteiger partial charge >= 0.3 is 0 Å². The van der Waals surface area contributed by atoms with Gasteiger partial charge in [0.15, 0.2) is 0 Å². The van der Waals surface area contributed by atoms with Gasteiger partial charge in [-0.15, -0.1) is 0 Å². The van der Waals surface area contributed by atoms with E-state index < -0.39 is 0 Å². The number of anilines is 3. The van der Waals surface area contributed by atoms with Crippen LogP contribution in [0.3, 0.4) is 0 Å². The second kappa shape index (κ2) is 5.97. The van der Waals surface area contributed by atoms with E-state index in [1.807, 2.05) is 13.8 Å². The lowest BCUT2D eigenvalue weighted by Gasteiger charge is -2.08. The summed E-state index contributed by atoms with van der Waals surface area (Å²) in [5.74, 6) is 1.32. The summed E-state index contributed by atoms with van der Waals surface area (Å²) in [6, 6.07) is 0. The number of hydrogen-bond donors (Lipinski definition) is 4. The maximum atomic E-state index is 8.71. The highest BCUT2D eigenvalue weighted by molar-refractivity contribution is 5.41. The van der Waals surface area contributed by atoms with Gasteiger partial charge in [-0.25, -0.2) is 0 Å². The lowest BCUT2D eigenvalue weighted by molar-refractivity contribution is 0.324. The fourth-order valence-electron chi connectivity index (χ4n) is 1.00. The smallest absolute Gasteiger partial charge is 0.231 e. The Balaban J connectivity index is 2.86. The molecular formula is C8H16N6O. The van der Waals surface area contributed by atoms with Crippen LogP contribution in [-0.2, 0) is 0 Å². The fourth-order valence-corrected chi connectivity index (χ4v) is 1.00. The molecule has 1 heterocycles. The third-order valence-electron chi connectivity index (χ3n) is 1.54. The average molecular weight is 212 g/mol. The first-order valence-electron chi connectivity index (χ1n) is 4.88. The van der Waals surface area contributed by atoms with E-state index in [0.717, 1.165) is 13.1 Å². The topological polar surface area (TPSA) is 95.0 Å². The predicted octanol–water partition coefficient (Wildman–Crippen LogP) is 0.0969. The summed E-state index contributed by atoms with van der Waals surface area (Å²) in [6.07, 6.45) is 0. The minimum Gasteiger partial charge on any atom is -0.376 e. The molecular weight excluding hydrogens is 196 g/mol. The molecule has 0 aliphatic carbocycles. The second-order valence-electron chi connectivity index (χ2n) is 2.70. The summed E-state index contributed by atoms with van der Waals surface area (Å²) >= 11 is 0. The van der Waals surface area contributed by atoms with Crippen LogP contribution in [0.5, 0.6) is 0 Å². The van der Waals surface area contributed by atoms with Crippen molar-refractivity contribution >= 4 is 17.8 Å². The molecule has 0 unspecified atom stereocenters. The van der Waals surface area contributed by atoms with E-state index in [4.69, 9.17) is 5.11 Å². The van der Waals surface area contributed by atoms with Crippen LogP contribution in [0, 0.1) is 0 Å². The molecule has 1 aromatic heterocycles. The Kier molecular flexibility index (Phi) is 4.55. The van der Waals surface area contributed by atoms with Crippen LogP contribution in [0.15, 0.2) is 0 Å². The van der Waals surface area contributed by atoms with E-state index in [1.54, 1.807) is 0 Å². The molecule has 0 bridgehead atoms. The van der Waals surface area contributed by atoms with Gasteiger partial charge in [0, 0.05) is 13.1 Å². The third-order valence-corrected chi connectivity index (χ3v) is 1.54. The highest BCUT2D eigenvalue weighted by Crippen LogP contribution is 2.08. The number of rotatable bonds is 6. The van der Waals surface area contributed by atoms with Crippen molar-refractivity contribution in [1.82, 2.24) is 15.0 Å². The molecule has 84 valence electrons. The zero-order chi connectivity index (χ0) is 11.1. The lowest BCUT2D eigenvalue weighted by Crippen LogP contribution is -2.12. The van der Waals surface area contributed by atoms with Crippen molar-refractivity contribution in [2.45, 2.75) is 13.8 Å². The van der Waals surface area contributed by atoms with Crippen LogP contribution in [0.4, 0.5) is 17.8 Å². The Hall–Kier alpha value is -1.63. The Labute approximate surface area is 88.4 Å². The van der Waals surface area contributed by atoms with Gasteiger partial charge < -0.3 is 21.1 Å². The summed E-state index contributed by atoms with van der Waals surface area (Å²) < 4.78 is 0. The molecule has 4 N–H and O–H groups in total. The molecule has 0 amide bonds. The van der Waals surface area contributed by atoms with Crippen LogP contribution in [-0.4, -0.2) is 39.9 Å². The molecule has 7 nitrogen and oxygen atoms in total. The van der Waals surface area contributed by atoms with Gasteiger partial charge in [-0.1, -0.05) is 0 Å². The van der Waals surface area contributed by atoms with Crippen molar-refractivity contribution < 1.29 is 5.11 Å². The highest BCUT2D eigenvalue weighted by atomic mass is 16.3. The van der Waals surface area contributed by atoms with E-state index in [-0.39, 0.29) is 6.73 Å². The molecule has 15 heavy (non-hydrogen) atoms. The molecule has 0 saturated heterocycles. The van der Waals surface area contributed by atoms with Crippen molar-refractivity contribution in [2.75, 3.05) is 35.8 Å². The van der Waals surface area contributed by atoms with Gasteiger partial charge in [0.25, 0.3) is 0 Å². The van der Waals surface area contributed by atoms with Crippen LogP contribution in [0.2, 0.25) is 0 Å².